The van der Waals surface area contributed by atoms with E-state index < -0.39 is 6.04 Å². The minimum atomic E-state index is -0.546. The van der Waals surface area contributed by atoms with Crippen molar-refractivity contribution in [3.05, 3.63) is 35.4 Å². The van der Waals surface area contributed by atoms with Crippen molar-refractivity contribution in [1.82, 2.24) is 20.9 Å². The Kier molecular flexibility index (Phi) is 6.89. The van der Waals surface area contributed by atoms with Crippen LogP contribution in [0, 0.1) is 5.41 Å². The van der Waals surface area contributed by atoms with Crippen LogP contribution in [0.4, 0.5) is 0 Å². The molecule has 0 saturated carbocycles. The molecular weight excluding hydrogens is 404 g/mol. The number of aryl methyl sites for hydroxylation is 1. The molecule has 0 radical (unpaired) electrons. The maximum absolute atomic E-state index is 13.6. The average molecular weight is 443 g/mol. The van der Waals surface area contributed by atoms with Crippen molar-refractivity contribution in [2.75, 3.05) is 20.2 Å². The van der Waals surface area contributed by atoms with Gasteiger partial charge in [-0.3, -0.25) is 9.59 Å². The third-order valence-corrected chi connectivity index (χ3v) is 7.59. The smallest absolute Gasteiger partial charge is 0.247 e. The van der Waals surface area contributed by atoms with Gasteiger partial charge in [0.2, 0.25) is 11.8 Å². The molecule has 1 aliphatic carbocycles. The van der Waals surface area contributed by atoms with E-state index in [-0.39, 0.29) is 35.5 Å². The summed E-state index contributed by atoms with van der Waals surface area (Å²) < 4.78 is 6.12. The van der Waals surface area contributed by atoms with Crippen LogP contribution in [-0.4, -0.2) is 61.3 Å². The number of nitrogens with one attached hydrogen (secondary N) is 3. The summed E-state index contributed by atoms with van der Waals surface area (Å²) >= 11 is 0. The molecule has 1 aromatic rings. The van der Waals surface area contributed by atoms with Crippen LogP contribution >= 0.6 is 0 Å². The number of rotatable bonds is 6. The lowest BCUT2D eigenvalue weighted by molar-refractivity contribution is -0.144. The fourth-order valence-electron chi connectivity index (χ4n) is 5.48. The monoisotopic (exact) mass is 442 g/mol. The van der Waals surface area contributed by atoms with Gasteiger partial charge in [0.1, 0.15) is 12.3 Å². The molecule has 7 heteroatoms. The molecule has 5 atom stereocenters. The molecular formula is C25H38N4O3. The number of hydrogen-bond donors (Lipinski definition) is 3. The minimum absolute atomic E-state index is 0.00770. The summed E-state index contributed by atoms with van der Waals surface area (Å²) in [5.41, 5.74) is 2.73. The summed E-state index contributed by atoms with van der Waals surface area (Å²) in [5, 5.41) is 9.67. The first kappa shape index (κ1) is 23.2. The van der Waals surface area contributed by atoms with E-state index in [0.29, 0.717) is 25.6 Å². The molecule has 176 valence electrons. The van der Waals surface area contributed by atoms with Gasteiger partial charge in [-0.2, -0.15) is 0 Å². The highest BCUT2D eigenvalue weighted by molar-refractivity contribution is 5.90. The number of hydrogen-bond acceptors (Lipinski definition) is 5. The summed E-state index contributed by atoms with van der Waals surface area (Å²) in [4.78, 5) is 28.0. The number of fused-ring (bicyclic) bond motifs is 2. The Bertz CT molecular complexity index is 842. The third-order valence-electron chi connectivity index (χ3n) is 7.59. The van der Waals surface area contributed by atoms with Gasteiger partial charge in [0.15, 0.2) is 0 Å². The molecule has 3 N–H and O–H groups in total. The normalized spacial score (nSPS) is 30.2. The van der Waals surface area contributed by atoms with Crippen LogP contribution in [0.1, 0.15) is 63.6 Å². The Morgan fingerprint density at radius 3 is 2.81 bits per heavy atom. The van der Waals surface area contributed by atoms with Crippen molar-refractivity contribution in [1.29, 1.82) is 0 Å². The van der Waals surface area contributed by atoms with Gasteiger partial charge in [0.05, 0.1) is 18.7 Å². The molecule has 4 rings (SSSR count). The van der Waals surface area contributed by atoms with Crippen molar-refractivity contribution < 1.29 is 14.3 Å². The molecule has 7 nitrogen and oxygen atoms in total. The predicted octanol–water partition coefficient (Wildman–Crippen LogP) is 2.12. The van der Waals surface area contributed by atoms with E-state index in [4.69, 9.17) is 4.74 Å². The SMILES string of the molecule is CN[C@@H](C)C(=O)N[C@H]1CCO[C@H]2CC(C)(C)[C@@H](CNC3CCCc4ccccc43)N2C1=O. The van der Waals surface area contributed by atoms with Gasteiger partial charge in [0.25, 0.3) is 0 Å². The topological polar surface area (TPSA) is 82.7 Å². The maximum Gasteiger partial charge on any atom is 0.247 e. The Labute approximate surface area is 191 Å². The molecule has 0 bridgehead atoms. The number of carbonyl (C=O) groups is 2. The lowest BCUT2D eigenvalue weighted by Crippen LogP contribution is -2.56. The average Bonchev–Trinajstić information content (AvgIpc) is 2.95. The van der Waals surface area contributed by atoms with E-state index >= 15 is 0 Å². The van der Waals surface area contributed by atoms with Gasteiger partial charge < -0.3 is 25.6 Å². The summed E-state index contributed by atoms with van der Waals surface area (Å²) in [6.45, 7) is 7.42. The highest BCUT2D eigenvalue weighted by atomic mass is 16.5. The van der Waals surface area contributed by atoms with E-state index in [0.717, 1.165) is 19.3 Å². The van der Waals surface area contributed by atoms with Crippen molar-refractivity contribution in [3.63, 3.8) is 0 Å². The van der Waals surface area contributed by atoms with Gasteiger partial charge in [-0.15, -0.1) is 0 Å². The number of likely N-dealkylation sites (N-methyl/N-ethyl adjacent to an activating group) is 1. The fraction of sp³-hybridized carbons (Fsp3) is 0.680. The van der Waals surface area contributed by atoms with Gasteiger partial charge in [-0.1, -0.05) is 38.1 Å². The minimum Gasteiger partial charge on any atom is -0.358 e. The quantitative estimate of drug-likeness (QED) is 0.629. The van der Waals surface area contributed by atoms with E-state index in [9.17, 15) is 9.59 Å². The summed E-state index contributed by atoms with van der Waals surface area (Å²) in [7, 11) is 1.74. The summed E-state index contributed by atoms with van der Waals surface area (Å²) in [6.07, 6.45) is 4.50. The van der Waals surface area contributed by atoms with Gasteiger partial charge in [-0.25, -0.2) is 0 Å². The zero-order valence-electron chi connectivity index (χ0n) is 19.8. The van der Waals surface area contributed by atoms with Crippen LogP contribution in [-0.2, 0) is 20.7 Å². The van der Waals surface area contributed by atoms with Crippen LogP contribution in [0.15, 0.2) is 24.3 Å². The van der Waals surface area contributed by atoms with Crippen molar-refractivity contribution >= 4 is 11.8 Å². The molecule has 1 aromatic carbocycles. The molecule has 2 saturated heterocycles. The first-order valence-electron chi connectivity index (χ1n) is 12.0. The zero-order valence-corrected chi connectivity index (χ0v) is 19.8. The third kappa shape index (κ3) is 4.56. The van der Waals surface area contributed by atoms with Crippen LogP contribution in [0.2, 0.25) is 0 Å². The Balaban J connectivity index is 1.50. The van der Waals surface area contributed by atoms with Crippen molar-refractivity contribution in [2.24, 2.45) is 5.41 Å². The number of ether oxygens (including phenoxy) is 1. The second-order valence-corrected chi connectivity index (χ2v) is 10.2. The lowest BCUT2D eigenvalue weighted by atomic mass is 9.83. The fourth-order valence-corrected chi connectivity index (χ4v) is 5.48. The Morgan fingerprint density at radius 2 is 2.03 bits per heavy atom. The van der Waals surface area contributed by atoms with E-state index in [1.807, 2.05) is 4.90 Å². The van der Waals surface area contributed by atoms with E-state index in [1.165, 1.54) is 17.5 Å². The van der Waals surface area contributed by atoms with Crippen LogP contribution in [0.3, 0.4) is 0 Å². The highest BCUT2D eigenvalue weighted by Crippen LogP contribution is 2.42. The van der Waals surface area contributed by atoms with Gasteiger partial charge in [-0.05, 0) is 56.2 Å². The predicted molar refractivity (Wildman–Crippen MR) is 124 cm³/mol. The highest BCUT2D eigenvalue weighted by Gasteiger charge is 2.51. The molecule has 2 fully saturated rings. The number of amides is 2. The van der Waals surface area contributed by atoms with E-state index in [2.05, 4.69) is 54.1 Å². The molecule has 0 aromatic heterocycles. The molecule has 2 heterocycles. The van der Waals surface area contributed by atoms with Crippen LogP contribution < -0.4 is 16.0 Å². The van der Waals surface area contributed by atoms with Gasteiger partial charge in [0, 0.05) is 19.0 Å². The second-order valence-electron chi connectivity index (χ2n) is 10.2. The number of carbonyl (C=O) groups excluding carboxylic acids is 2. The zero-order chi connectivity index (χ0) is 22.9. The van der Waals surface area contributed by atoms with Crippen LogP contribution in [0.25, 0.3) is 0 Å². The summed E-state index contributed by atoms with van der Waals surface area (Å²) in [5.74, 6) is -0.179. The second kappa shape index (κ2) is 9.49. The standard InChI is InChI=1S/C25H38N4O3/c1-16(26-4)23(30)28-20-12-13-32-22-14-25(2,3)21(29(22)24(20)31)15-27-19-11-7-9-17-8-5-6-10-18(17)19/h5-6,8,10,16,19-22,26-27H,7,9,11-15H2,1-4H3,(H,28,30)/t16-,19?,20-,21+,22-/m0/s1. The molecule has 3 aliphatic rings. The Morgan fingerprint density at radius 1 is 1.25 bits per heavy atom. The lowest BCUT2D eigenvalue weighted by Gasteiger charge is -2.37. The van der Waals surface area contributed by atoms with Gasteiger partial charge >= 0.3 is 0 Å². The summed E-state index contributed by atoms with van der Waals surface area (Å²) in [6, 6.07) is 8.10. The molecule has 2 amide bonds. The maximum atomic E-state index is 13.6. The van der Waals surface area contributed by atoms with Crippen molar-refractivity contribution in [3.8, 4) is 0 Å². The Hall–Kier alpha value is -1.96. The number of benzene rings is 1. The number of nitrogens with zero attached hydrogens (tertiary/aromatic N) is 1. The van der Waals surface area contributed by atoms with Crippen molar-refractivity contribution in [2.45, 2.75) is 83.3 Å². The molecule has 0 spiro atoms. The molecule has 32 heavy (non-hydrogen) atoms. The first-order valence-corrected chi connectivity index (χ1v) is 12.0. The first-order chi connectivity index (χ1) is 15.3. The molecule has 2 aliphatic heterocycles. The largest absolute Gasteiger partial charge is 0.358 e. The van der Waals surface area contributed by atoms with Crippen LogP contribution in [0.5, 0.6) is 0 Å². The van der Waals surface area contributed by atoms with E-state index in [1.54, 1.807) is 14.0 Å². The molecule has 1 unspecified atom stereocenters.